The van der Waals surface area contributed by atoms with Crippen LogP contribution in [0.5, 0.6) is 11.5 Å². The number of nitrogens with zero attached hydrogens (tertiary/aromatic N) is 1. The Balaban J connectivity index is 1.21. The van der Waals surface area contributed by atoms with E-state index in [4.69, 9.17) is 21.1 Å². The van der Waals surface area contributed by atoms with Gasteiger partial charge in [0.2, 0.25) is 6.79 Å². The molecule has 3 amide bonds. The van der Waals surface area contributed by atoms with Crippen LogP contribution in [0.25, 0.3) is 17.0 Å². The summed E-state index contributed by atoms with van der Waals surface area (Å²) >= 11 is 6.84. The Labute approximate surface area is 191 Å². The Morgan fingerprint density at radius 3 is 2.88 bits per heavy atom. The van der Waals surface area contributed by atoms with Crippen LogP contribution in [0.15, 0.2) is 47.4 Å². The summed E-state index contributed by atoms with van der Waals surface area (Å²) in [5, 5.41) is 3.75. The van der Waals surface area contributed by atoms with E-state index in [9.17, 15) is 14.4 Å². The van der Waals surface area contributed by atoms with Gasteiger partial charge in [-0.05, 0) is 59.8 Å². The molecule has 32 heavy (non-hydrogen) atoms. The molecular formula is C22H16ClN3O5S. The predicted molar refractivity (Wildman–Crippen MR) is 121 cm³/mol. The van der Waals surface area contributed by atoms with Gasteiger partial charge in [-0.2, -0.15) is 0 Å². The van der Waals surface area contributed by atoms with Crippen molar-refractivity contribution in [3.05, 3.63) is 63.6 Å². The van der Waals surface area contributed by atoms with Crippen LogP contribution in [0.1, 0.15) is 16.1 Å². The molecule has 5 rings (SSSR count). The number of nitrogens with one attached hydrogen (secondary N) is 2. The molecule has 2 aliphatic heterocycles. The Hall–Kier alpha value is -3.43. The molecule has 0 bridgehead atoms. The number of fused-ring (bicyclic) bond motifs is 2. The highest BCUT2D eigenvalue weighted by Gasteiger charge is 2.34. The number of carbonyl (C=O) groups excluding carboxylic acids is 3. The molecule has 1 fully saturated rings. The summed E-state index contributed by atoms with van der Waals surface area (Å²) in [4.78, 5) is 41.9. The second-order valence-electron chi connectivity index (χ2n) is 7.12. The summed E-state index contributed by atoms with van der Waals surface area (Å²) in [5.41, 5.74) is 1.89. The van der Waals surface area contributed by atoms with Crippen molar-refractivity contribution in [3.63, 3.8) is 0 Å². The number of hydrogen-bond donors (Lipinski definition) is 2. The van der Waals surface area contributed by atoms with Crippen LogP contribution >= 0.6 is 23.4 Å². The highest BCUT2D eigenvalue weighted by atomic mass is 35.5. The zero-order chi connectivity index (χ0) is 22.2. The van der Waals surface area contributed by atoms with Gasteiger partial charge in [0.05, 0.1) is 4.91 Å². The maximum atomic E-state index is 12.7. The maximum Gasteiger partial charge on any atom is 0.293 e. The highest BCUT2D eigenvalue weighted by molar-refractivity contribution is 8.18. The van der Waals surface area contributed by atoms with Gasteiger partial charge in [-0.15, -0.1) is 0 Å². The van der Waals surface area contributed by atoms with Crippen molar-refractivity contribution in [2.75, 3.05) is 19.9 Å². The van der Waals surface area contributed by atoms with Gasteiger partial charge in [0.15, 0.2) is 11.5 Å². The highest BCUT2D eigenvalue weighted by Crippen LogP contribution is 2.36. The van der Waals surface area contributed by atoms with Crippen LogP contribution in [0, 0.1) is 0 Å². The van der Waals surface area contributed by atoms with E-state index in [2.05, 4.69) is 10.3 Å². The summed E-state index contributed by atoms with van der Waals surface area (Å²) < 4.78 is 10.6. The minimum atomic E-state index is -0.396. The first-order valence-electron chi connectivity index (χ1n) is 9.69. The van der Waals surface area contributed by atoms with Crippen molar-refractivity contribution >= 4 is 57.4 Å². The van der Waals surface area contributed by atoms with Crippen molar-refractivity contribution < 1.29 is 23.9 Å². The van der Waals surface area contributed by atoms with Crippen LogP contribution in [0.4, 0.5) is 4.79 Å². The van der Waals surface area contributed by atoms with Crippen LogP contribution < -0.4 is 14.8 Å². The lowest BCUT2D eigenvalue weighted by Crippen LogP contribution is -2.37. The molecule has 3 aromatic rings. The van der Waals surface area contributed by atoms with Gasteiger partial charge in [-0.3, -0.25) is 19.3 Å². The molecule has 0 saturated carbocycles. The fourth-order valence-electron chi connectivity index (χ4n) is 3.45. The number of amides is 3. The van der Waals surface area contributed by atoms with Gasteiger partial charge in [0.1, 0.15) is 5.69 Å². The standard InChI is InChI=1S/C22H16ClN3O5S/c23-14-2-3-15-13(9-14)10-16(25-15)20(27)24-5-6-26-21(28)19(32-22(26)29)8-12-1-4-17-18(7-12)31-11-30-17/h1-4,7-10,25H,5-6,11H2,(H,24,27)/b19-8-. The summed E-state index contributed by atoms with van der Waals surface area (Å²) in [5.74, 6) is 0.511. The molecule has 0 radical (unpaired) electrons. The van der Waals surface area contributed by atoms with E-state index in [-0.39, 0.29) is 31.0 Å². The summed E-state index contributed by atoms with van der Waals surface area (Å²) in [6, 6.07) is 12.3. The second kappa shape index (κ2) is 8.25. The van der Waals surface area contributed by atoms with Crippen LogP contribution in [-0.4, -0.2) is 46.8 Å². The van der Waals surface area contributed by atoms with Gasteiger partial charge < -0.3 is 19.8 Å². The van der Waals surface area contributed by atoms with E-state index in [1.54, 1.807) is 48.5 Å². The molecular weight excluding hydrogens is 454 g/mol. The smallest absolute Gasteiger partial charge is 0.293 e. The number of benzene rings is 2. The molecule has 162 valence electrons. The molecule has 0 unspecified atom stereocenters. The lowest BCUT2D eigenvalue weighted by atomic mass is 10.2. The van der Waals surface area contributed by atoms with E-state index < -0.39 is 5.91 Å². The Kier molecular flexibility index (Phi) is 5.28. The molecule has 2 aliphatic rings. The number of imide groups is 1. The monoisotopic (exact) mass is 469 g/mol. The van der Waals surface area contributed by atoms with Gasteiger partial charge >= 0.3 is 0 Å². The summed E-state index contributed by atoms with van der Waals surface area (Å²) in [6.45, 7) is 0.360. The first-order valence-corrected chi connectivity index (χ1v) is 10.9. The number of hydrogen-bond acceptors (Lipinski definition) is 6. The van der Waals surface area contributed by atoms with Crippen molar-refractivity contribution in [1.82, 2.24) is 15.2 Å². The SMILES string of the molecule is O=C(NCCN1C(=O)S/C(=C\c2ccc3c(c2)OCO3)C1=O)c1cc2cc(Cl)ccc2[nH]1. The van der Waals surface area contributed by atoms with E-state index in [0.29, 0.717) is 27.1 Å². The third kappa shape index (κ3) is 3.92. The average Bonchev–Trinajstić information content (AvgIpc) is 3.47. The second-order valence-corrected chi connectivity index (χ2v) is 8.55. The maximum absolute atomic E-state index is 12.7. The van der Waals surface area contributed by atoms with Crippen molar-refractivity contribution in [3.8, 4) is 11.5 Å². The molecule has 0 atom stereocenters. The quantitative estimate of drug-likeness (QED) is 0.547. The lowest BCUT2D eigenvalue weighted by molar-refractivity contribution is -0.122. The van der Waals surface area contributed by atoms with Crippen molar-refractivity contribution in [1.29, 1.82) is 0 Å². The predicted octanol–water partition coefficient (Wildman–Crippen LogP) is 4.02. The zero-order valence-corrected chi connectivity index (χ0v) is 18.1. The van der Waals surface area contributed by atoms with E-state index in [0.717, 1.165) is 33.1 Å². The lowest BCUT2D eigenvalue weighted by Gasteiger charge is -2.12. The number of halogens is 1. The first kappa shape index (κ1) is 20.5. The number of thioether (sulfide) groups is 1. The number of ether oxygens (including phenoxy) is 2. The van der Waals surface area contributed by atoms with Crippen LogP contribution in [-0.2, 0) is 4.79 Å². The largest absolute Gasteiger partial charge is 0.454 e. The van der Waals surface area contributed by atoms with Gasteiger partial charge in [0, 0.05) is 29.0 Å². The van der Waals surface area contributed by atoms with Gasteiger partial charge in [-0.25, -0.2) is 0 Å². The topological polar surface area (TPSA) is 101 Å². The molecule has 1 aromatic heterocycles. The number of aromatic amines is 1. The molecule has 8 nitrogen and oxygen atoms in total. The molecule has 1 saturated heterocycles. The summed E-state index contributed by atoms with van der Waals surface area (Å²) in [7, 11) is 0. The third-order valence-corrected chi connectivity index (χ3v) is 6.16. The van der Waals surface area contributed by atoms with Crippen molar-refractivity contribution in [2.45, 2.75) is 0 Å². The summed E-state index contributed by atoms with van der Waals surface area (Å²) in [6.07, 6.45) is 1.64. The normalized spacial score (nSPS) is 16.4. The minimum absolute atomic E-state index is 0.0704. The third-order valence-electron chi connectivity index (χ3n) is 5.02. The van der Waals surface area contributed by atoms with E-state index in [1.165, 1.54) is 0 Å². The molecule has 0 spiro atoms. The minimum Gasteiger partial charge on any atom is -0.454 e. The van der Waals surface area contributed by atoms with Crippen molar-refractivity contribution in [2.24, 2.45) is 0 Å². The molecule has 2 aromatic carbocycles. The first-order chi connectivity index (χ1) is 15.5. The number of H-pyrrole nitrogens is 1. The fourth-order valence-corrected chi connectivity index (χ4v) is 4.49. The zero-order valence-electron chi connectivity index (χ0n) is 16.5. The Morgan fingerprint density at radius 2 is 2.00 bits per heavy atom. The van der Waals surface area contributed by atoms with Gasteiger partial charge in [-0.1, -0.05) is 17.7 Å². The van der Waals surface area contributed by atoms with Crippen LogP contribution in [0.3, 0.4) is 0 Å². The molecule has 0 aliphatic carbocycles. The fraction of sp³-hybridized carbons (Fsp3) is 0.136. The Bertz CT molecular complexity index is 1300. The molecule has 2 N–H and O–H groups in total. The molecule has 3 heterocycles. The van der Waals surface area contributed by atoms with E-state index >= 15 is 0 Å². The van der Waals surface area contributed by atoms with Gasteiger partial charge in [0.25, 0.3) is 17.1 Å². The Morgan fingerprint density at radius 1 is 1.16 bits per heavy atom. The molecule has 10 heteroatoms. The number of rotatable bonds is 5. The van der Waals surface area contributed by atoms with Crippen LogP contribution in [0.2, 0.25) is 5.02 Å². The number of aromatic nitrogens is 1. The average molecular weight is 470 g/mol. The van der Waals surface area contributed by atoms with E-state index in [1.807, 2.05) is 0 Å². The number of carbonyl (C=O) groups is 3.